The molecule has 6 heteroatoms. The van der Waals surface area contributed by atoms with E-state index in [9.17, 15) is 8.42 Å². The zero-order valence-corrected chi connectivity index (χ0v) is 12.7. The lowest BCUT2D eigenvalue weighted by molar-refractivity contribution is 0.185. The van der Waals surface area contributed by atoms with Crippen LogP contribution in [0.2, 0.25) is 0 Å². The summed E-state index contributed by atoms with van der Waals surface area (Å²) < 4.78 is 32.8. The highest BCUT2D eigenvalue weighted by atomic mass is 32.2. The highest BCUT2D eigenvalue weighted by Gasteiger charge is 2.19. The first kappa shape index (κ1) is 16.1. The summed E-state index contributed by atoms with van der Waals surface area (Å²) in [6.45, 7) is 4.46. The van der Waals surface area contributed by atoms with Gasteiger partial charge in [-0.1, -0.05) is 24.3 Å². The van der Waals surface area contributed by atoms with Gasteiger partial charge in [0.2, 0.25) is 0 Å². The third kappa shape index (κ3) is 4.91. The Bertz CT molecular complexity index is 500. The van der Waals surface area contributed by atoms with E-state index < -0.39 is 10.2 Å². The summed E-state index contributed by atoms with van der Waals surface area (Å²) in [6.07, 6.45) is 0. The SMILES string of the molecule is COCc1cccc(CNS(=O)(=O)N(C)C(C)C)c1. The van der Waals surface area contributed by atoms with Crippen LogP contribution in [0.4, 0.5) is 0 Å². The maximum atomic E-state index is 11.9. The molecule has 108 valence electrons. The largest absolute Gasteiger partial charge is 0.380 e. The van der Waals surface area contributed by atoms with E-state index in [1.54, 1.807) is 14.2 Å². The van der Waals surface area contributed by atoms with Gasteiger partial charge in [-0.2, -0.15) is 17.4 Å². The number of nitrogens with one attached hydrogen (secondary N) is 1. The second kappa shape index (κ2) is 7.00. The van der Waals surface area contributed by atoms with Crippen molar-refractivity contribution in [3.8, 4) is 0 Å². The van der Waals surface area contributed by atoms with E-state index in [1.165, 1.54) is 4.31 Å². The fraction of sp³-hybridized carbons (Fsp3) is 0.538. The zero-order valence-electron chi connectivity index (χ0n) is 11.9. The Hall–Kier alpha value is -0.950. The molecule has 0 fully saturated rings. The van der Waals surface area contributed by atoms with Crippen molar-refractivity contribution in [2.45, 2.75) is 33.0 Å². The van der Waals surface area contributed by atoms with Crippen molar-refractivity contribution < 1.29 is 13.2 Å². The molecule has 0 saturated carbocycles. The summed E-state index contributed by atoms with van der Waals surface area (Å²) in [5.41, 5.74) is 1.94. The number of hydrogen-bond acceptors (Lipinski definition) is 3. The number of benzene rings is 1. The first-order chi connectivity index (χ1) is 8.86. The third-order valence-electron chi connectivity index (χ3n) is 2.87. The van der Waals surface area contributed by atoms with Gasteiger partial charge in [-0.15, -0.1) is 0 Å². The van der Waals surface area contributed by atoms with Crippen LogP contribution in [0, 0.1) is 0 Å². The van der Waals surface area contributed by atoms with Gasteiger partial charge in [0.1, 0.15) is 0 Å². The van der Waals surface area contributed by atoms with Crippen molar-refractivity contribution in [2.75, 3.05) is 14.2 Å². The maximum Gasteiger partial charge on any atom is 0.279 e. The van der Waals surface area contributed by atoms with Crippen LogP contribution in [0.3, 0.4) is 0 Å². The van der Waals surface area contributed by atoms with Crippen LogP contribution in [-0.2, 0) is 28.1 Å². The smallest absolute Gasteiger partial charge is 0.279 e. The minimum absolute atomic E-state index is 0.0719. The summed E-state index contributed by atoms with van der Waals surface area (Å²) in [5, 5.41) is 0. The molecule has 0 aliphatic carbocycles. The summed E-state index contributed by atoms with van der Waals surface area (Å²) in [4.78, 5) is 0. The number of methoxy groups -OCH3 is 1. The molecule has 5 nitrogen and oxygen atoms in total. The van der Waals surface area contributed by atoms with Crippen LogP contribution in [0.5, 0.6) is 0 Å². The Morgan fingerprint density at radius 3 is 2.53 bits per heavy atom. The Labute approximate surface area is 115 Å². The topological polar surface area (TPSA) is 58.6 Å². The van der Waals surface area contributed by atoms with Crippen LogP contribution < -0.4 is 4.72 Å². The van der Waals surface area contributed by atoms with Gasteiger partial charge in [0.15, 0.2) is 0 Å². The number of hydrogen-bond donors (Lipinski definition) is 1. The average molecular weight is 286 g/mol. The molecule has 1 N–H and O–H groups in total. The van der Waals surface area contributed by atoms with E-state index in [4.69, 9.17) is 4.74 Å². The van der Waals surface area contributed by atoms with Crippen LogP contribution in [0.25, 0.3) is 0 Å². The first-order valence-corrected chi connectivity index (χ1v) is 7.60. The van der Waals surface area contributed by atoms with E-state index >= 15 is 0 Å². The zero-order chi connectivity index (χ0) is 14.5. The highest BCUT2D eigenvalue weighted by molar-refractivity contribution is 7.87. The third-order valence-corrected chi connectivity index (χ3v) is 4.56. The molecule has 1 aromatic carbocycles. The standard InChI is InChI=1S/C13H22N2O3S/c1-11(2)15(3)19(16,17)14-9-12-6-5-7-13(8-12)10-18-4/h5-8,11,14H,9-10H2,1-4H3. The molecule has 1 rings (SSSR count). The molecule has 0 amide bonds. The van der Waals surface area contributed by atoms with E-state index in [0.717, 1.165) is 11.1 Å². The molecule has 0 unspecified atom stereocenters. The molecule has 0 aromatic heterocycles. The van der Waals surface area contributed by atoms with Crippen molar-refractivity contribution in [3.05, 3.63) is 35.4 Å². The number of nitrogens with zero attached hydrogens (tertiary/aromatic N) is 1. The summed E-state index contributed by atoms with van der Waals surface area (Å²) >= 11 is 0. The quantitative estimate of drug-likeness (QED) is 0.826. The second-order valence-electron chi connectivity index (χ2n) is 4.69. The van der Waals surface area contributed by atoms with Gasteiger partial charge in [0.05, 0.1) is 6.61 Å². The van der Waals surface area contributed by atoms with Gasteiger partial charge in [0.25, 0.3) is 10.2 Å². The highest BCUT2D eigenvalue weighted by Crippen LogP contribution is 2.08. The minimum atomic E-state index is -3.43. The van der Waals surface area contributed by atoms with E-state index in [2.05, 4.69) is 4.72 Å². The van der Waals surface area contributed by atoms with Crippen LogP contribution >= 0.6 is 0 Å². The molecule has 1 aromatic rings. The molecular formula is C13H22N2O3S. The van der Waals surface area contributed by atoms with Crippen molar-refractivity contribution in [1.82, 2.24) is 9.03 Å². The predicted molar refractivity (Wildman–Crippen MR) is 75.8 cm³/mol. The predicted octanol–water partition coefficient (Wildman–Crippen LogP) is 1.51. The molecule has 0 radical (unpaired) electrons. The normalized spacial score (nSPS) is 12.3. The van der Waals surface area contributed by atoms with Crippen molar-refractivity contribution in [2.24, 2.45) is 0 Å². The molecule has 0 saturated heterocycles. The molecular weight excluding hydrogens is 264 g/mol. The van der Waals surface area contributed by atoms with E-state index in [0.29, 0.717) is 6.61 Å². The van der Waals surface area contributed by atoms with Crippen molar-refractivity contribution in [3.63, 3.8) is 0 Å². The van der Waals surface area contributed by atoms with Gasteiger partial charge >= 0.3 is 0 Å². The first-order valence-electron chi connectivity index (χ1n) is 6.16. The fourth-order valence-electron chi connectivity index (χ4n) is 1.55. The van der Waals surface area contributed by atoms with Gasteiger partial charge < -0.3 is 4.74 Å². The van der Waals surface area contributed by atoms with E-state index in [-0.39, 0.29) is 12.6 Å². The Morgan fingerprint density at radius 1 is 1.32 bits per heavy atom. The van der Waals surface area contributed by atoms with Crippen LogP contribution in [0.1, 0.15) is 25.0 Å². The van der Waals surface area contributed by atoms with Crippen molar-refractivity contribution >= 4 is 10.2 Å². The number of ether oxygens (including phenoxy) is 1. The van der Waals surface area contributed by atoms with Gasteiger partial charge in [-0.25, -0.2) is 0 Å². The molecule has 0 aliphatic heterocycles. The second-order valence-corrected chi connectivity index (χ2v) is 6.50. The molecule has 0 heterocycles. The Kier molecular flexibility index (Phi) is 5.93. The van der Waals surface area contributed by atoms with Crippen molar-refractivity contribution in [1.29, 1.82) is 0 Å². The lowest BCUT2D eigenvalue weighted by atomic mass is 10.1. The van der Waals surface area contributed by atoms with Gasteiger partial charge in [-0.3, -0.25) is 0 Å². The lowest BCUT2D eigenvalue weighted by Gasteiger charge is -2.21. The molecule has 19 heavy (non-hydrogen) atoms. The molecule has 0 atom stereocenters. The average Bonchev–Trinajstić information content (AvgIpc) is 2.36. The number of rotatable bonds is 7. The maximum absolute atomic E-state index is 11.9. The van der Waals surface area contributed by atoms with E-state index in [1.807, 2.05) is 38.1 Å². The molecule has 0 bridgehead atoms. The molecule has 0 spiro atoms. The summed E-state index contributed by atoms with van der Waals surface area (Å²) in [7, 11) is -0.235. The minimum Gasteiger partial charge on any atom is -0.380 e. The Morgan fingerprint density at radius 2 is 1.95 bits per heavy atom. The van der Waals surface area contributed by atoms with Gasteiger partial charge in [0, 0.05) is 26.7 Å². The molecule has 0 aliphatic rings. The fourth-order valence-corrected chi connectivity index (χ4v) is 2.66. The summed E-state index contributed by atoms with van der Waals surface area (Å²) in [6, 6.07) is 7.59. The monoisotopic (exact) mass is 286 g/mol. The van der Waals surface area contributed by atoms with Gasteiger partial charge in [-0.05, 0) is 25.0 Å². The van der Waals surface area contributed by atoms with Crippen LogP contribution in [0.15, 0.2) is 24.3 Å². The van der Waals surface area contributed by atoms with Crippen LogP contribution in [-0.4, -0.2) is 32.9 Å². The summed E-state index contributed by atoms with van der Waals surface area (Å²) in [5.74, 6) is 0. The lowest BCUT2D eigenvalue weighted by Crippen LogP contribution is -2.41. The Balaban J connectivity index is 2.69.